The molecule has 1 saturated heterocycles. The Labute approximate surface area is 200 Å². The van der Waals surface area contributed by atoms with E-state index in [-0.39, 0.29) is 42.3 Å². The highest BCUT2D eigenvalue weighted by molar-refractivity contribution is 7.89. The van der Waals surface area contributed by atoms with Crippen LogP contribution in [0, 0.1) is 5.82 Å². The van der Waals surface area contributed by atoms with Gasteiger partial charge in [0.05, 0.1) is 11.4 Å². The summed E-state index contributed by atoms with van der Waals surface area (Å²) in [6.07, 6.45) is 4.60. The van der Waals surface area contributed by atoms with Crippen molar-refractivity contribution in [1.82, 2.24) is 14.5 Å². The van der Waals surface area contributed by atoms with Crippen molar-refractivity contribution in [3.63, 3.8) is 0 Å². The molecule has 0 bridgehead atoms. The predicted octanol–water partition coefficient (Wildman–Crippen LogP) is 3.07. The molecule has 1 unspecified atom stereocenters. The molecule has 1 N–H and O–H groups in total. The zero-order chi connectivity index (χ0) is 24.3. The number of nitrogens with one attached hydrogen (secondary N) is 1. The van der Waals surface area contributed by atoms with E-state index in [2.05, 4.69) is 5.32 Å². The molecule has 1 atom stereocenters. The molecule has 2 aromatic carbocycles. The number of nitrogens with zero attached hydrogens (tertiary/aromatic N) is 2. The van der Waals surface area contributed by atoms with Gasteiger partial charge in [-0.25, -0.2) is 12.8 Å². The van der Waals surface area contributed by atoms with E-state index in [9.17, 15) is 22.4 Å². The molecule has 9 heteroatoms. The van der Waals surface area contributed by atoms with Crippen LogP contribution in [0.3, 0.4) is 0 Å². The molecule has 1 saturated carbocycles. The second-order valence-electron chi connectivity index (χ2n) is 9.22. The normalized spacial score (nSPS) is 22.5. The second kappa shape index (κ2) is 9.84. The molecule has 2 fully saturated rings. The molecule has 2 aliphatic rings. The maximum absolute atomic E-state index is 13.6. The average Bonchev–Trinajstić information content (AvgIpc) is 2.84. The molecule has 0 aromatic heterocycles. The number of hydrogen-bond acceptors (Lipinski definition) is 4. The van der Waals surface area contributed by atoms with Gasteiger partial charge in [-0.1, -0.05) is 49.6 Å². The third kappa shape index (κ3) is 4.86. The molecule has 34 heavy (non-hydrogen) atoms. The van der Waals surface area contributed by atoms with Crippen LogP contribution >= 0.6 is 0 Å². The first-order valence-corrected chi connectivity index (χ1v) is 13.1. The van der Waals surface area contributed by atoms with Crippen LogP contribution in [0.4, 0.5) is 4.39 Å². The van der Waals surface area contributed by atoms with Gasteiger partial charge in [0.15, 0.2) is 0 Å². The first kappa shape index (κ1) is 24.3. The fourth-order valence-corrected chi connectivity index (χ4v) is 6.49. The van der Waals surface area contributed by atoms with Crippen LogP contribution in [0.25, 0.3) is 0 Å². The quantitative estimate of drug-likeness (QED) is 0.679. The van der Waals surface area contributed by atoms with Gasteiger partial charge in [0, 0.05) is 19.1 Å². The topological polar surface area (TPSA) is 86.8 Å². The van der Waals surface area contributed by atoms with Gasteiger partial charge in [0.2, 0.25) is 21.8 Å². The molecular formula is C25H30FN3O4S. The summed E-state index contributed by atoms with van der Waals surface area (Å²) in [5.41, 5.74) is -0.669. The van der Waals surface area contributed by atoms with Gasteiger partial charge >= 0.3 is 0 Å². The van der Waals surface area contributed by atoms with E-state index in [1.807, 2.05) is 0 Å². The molecule has 2 amide bonds. The number of piperazine rings is 1. The van der Waals surface area contributed by atoms with Crippen molar-refractivity contribution in [1.29, 1.82) is 0 Å². The largest absolute Gasteiger partial charge is 0.350 e. The van der Waals surface area contributed by atoms with Crippen LogP contribution in [0.15, 0.2) is 59.5 Å². The fraction of sp³-hybridized carbons (Fsp3) is 0.440. The number of sulfonamides is 1. The third-order valence-electron chi connectivity index (χ3n) is 6.77. The number of rotatable bonds is 6. The van der Waals surface area contributed by atoms with Crippen LogP contribution in [-0.4, -0.2) is 54.1 Å². The van der Waals surface area contributed by atoms with Crippen LogP contribution in [0.1, 0.15) is 44.6 Å². The first-order valence-electron chi connectivity index (χ1n) is 11.6. The van der Waals surface area contributed by atoms with Gasteiger partial charge in [0.25, 0.3) is 0 Å². The summed E-state index contributed by atoms with van der Waals surface area (Å²) < 4.78 is 41.0. The average molecular weight is 488 g/mol. The fourth-order valence-electron chi connectivity index (χ4n) is 4.99. The van der Waals surface area contributed by atoms with Crippen molar-refractivity contribution in [2.45, 2.75) is 62.0 Å². The van der Waals surface area contributed by atoms with Crippen LogP contribution in [-0.2, 0) is 26.2 Å². The highest BCUT2D eigenvalue weighted by Gasteiger charge is 2.52. The summed E-state index contributed by atoms with van der Waals surface area (Å²) in [7, 11) is -3.96. The summed E-state index contributed by atoms with van der Waals surface area (Å²) in [4.78, 5) is 28.7. The number of carbonyl (C=O) groups excluding carboxylic acids is 2. The van der Waals surface area contributed by atoms with Gasteiger partial charge in [0.1, 0.15) is 11.4 Å². The van der Waals surface area contributed by atoms with E-state index >= 15 is 0 Å². The van der Waals surface area contributed by atoms with Gasteiger partial charge in [-0.15, -0.1) is 0 Å². The molecule has 1 aliphatic heterocycles. The van der Waals surface area contributed by atoms with E-state index in [1.165, 1.54) is 24.3 Å². The Morgan fingerprint density at radius 3 is 2.35 bits per heavy atom. The van der Waals surface area contributed by atoms with Gasteiger partial charge in [-0.2, -0.15) is 4.31 Å². The van der Waals surface area contributed by atoms with Crippen LogP contribution in [0.2, 0.25) is 0 Å². The minimum atomic E-state index is -3.96. The Hall–Kier alpha value is -2.78. The zero-order valence-corrected chi connectivity index (χ0v) is 20.1. The standard InChI is InChI=1S/C25H30FN3O4S/c1-25(24(31)27-16-19-12-14-20(26)15-13-19)18-28(34(32,33)22-10-6-3-7-11-22)17-23(30)29(25)21-8-4-2-5-9-21/h3,6-7,10-15,21H,2,4-5,8-9,16-18H2,1H3,(H,27,31). The summed E-state index contributed by atoms with van der Waals surface area (Å²) >= 11 is 0. The van der Waals surface area contributed by atoms with Crippen molar-refractivity contribution < 1.29 is 22.4 Å². The third-order valence-corrected chi connectivity index (χ3v) is 8.58. The Kier molecular flexibility index (Phi) is 7.04. The van der Waals surface area contributed by atoms with Gasteiger partial charge in [-0.05, 0) is 49.6 Å². The minimum Gasteiger partial charge on any atom is -0.350 e. The molecule has 1 heterocycles. The van der Waals surface area contributed by atoms with Crippen molar-refractivity contribution >= 4 is 21.8 Å². The monoisotopic (exact) mass is 487 g/mol. The Morgan fingerprint density at radius 1 is 1.06 bits per heavy atom. The highest BCUT2D eigenvalue weighted by Crippen LogP contribution is 2.34. The number of hydrogen-bond donors (Lipinski definition) is 1. The van der Waals surface area contributed by atoms with Crippen LogP contribution < -0.4 is 5.32 Å². The molecular weight excluding hydrogens is 457 g/mol. The van der Waals surface area contributed by atoms with E-state index < -0.39 is 21.5 Å². The van der Waals surface area contributed by atoms with Crippen LogP contribution in [0.5, 0.6) is 0 Å². The Morgan fingerprint density at radius 2 is 1.71 bits per heavy atom. The summed E-state index contributed by atoms with van der Waals surface area (Å²) in [5, 5.41) is 2.85. The van der Waals surface area contributed by atoms with Crippen molar-refractivity contribution in [3.05, 3.63) is 66.0 Å². The van der Waals surface area contributed by atoms with E-state index in [4.69, 9.17) is 0 Å². The molecule has 4 rings (SSSR count). The molecule has 0 radical (unpaired) electrons. The summed E-state index contributed by atoms with van der Waals surface area (Å²) in [5.74, 6) is -1.16. The maximum Gasteiger partial charge on any atom is 0.247 e. The van der Waals surface area contributed by atoms with E-state index in [0.29, 0.717) is 5.56 Å². The van der Waals surface area contributed by atoms with Gasteiger partial charge in [-0.3, -0.25) is 9.59 Å². The van der Waals surface area contributed by atoms with E-state index in [1.54, 1.807) is 42.2 Å². The molecule has 1 aliphatic carbocycles. The summed E-state index contributed by atoms with van der Waals surface area (Å²) in [6, 6.07) is 13.6. The van der Waals surface area contributed by atoms with Crippen molar-refractivity contribution in [3.8, 4) is 0 Å². The minimum absolute atomic E-state index is 0.0861. The lowest BCUT2D eigenvalue weighted by Crippen LogP contribution is -2.71. The van der Waals surface area contributed by atoms with Gasteiger partial charge < -0.3 is 10.2 Å². The number of amides is 2. The molecule has 0 spiro atoms. The Balaban J connectivity index is 1.63. The smallest absolute Gasteiger partial charge is 0.247 e. The second-order valence-corrected chi connectivity index (χ2v) is 11.2. The number of halogens is 1. The lowest BCUT2D eigenvalue weighted by Gasteiger charge is -2.51. The van der Waals surface area contributed by atoms with Crippen molar-refractivity contribution in [2.24, 2.45) is 0 Å². The number of carbonyl (C=O) groups is 2. The summed E-state index contributed by atoms with van der Waals surface area (Å²) in [6.45, 7) is 1.36. The lowest BCUT2D eigenvalue weighted by atomic mass is 9.87. The SMILES string of the molecule is CC1(C(=O)NCc2ccc(F)cc2)CN(S(=O)(=O)c2ccccc2)CC(=O)N1C1CCCCC1. The predicted molar refractivity (Wildman–Crippen MR) is 126 cm³/mol. The molecule has 182 valence electrons. The Bertz CT molecular complexity index is 1130. The molecule has 2 aromatic rings. The lowest BCUT2D eigenvalue weighted by molar-refractivity contribution is -0.157. The van der Waals surface area contributed by atoms with Crippen molar-refractivity contribution in [2.75, 3.05) is 13.1 Å². The maximum atomic E-state index is 13.6. The van der Waals surface area contributed by atoms with E-state index in [0.717, 1.165) is 36.4 Å². The number of benzene rings is 2. The molecule has 7 nitrogen and oxygen atoms in total. The first-order chi connectivity index (χ1) is 16.2. The highest BCUT2D eigenvalue weighted by atomic mass is 32.2. The zero-order valence-electron chi connectivity index (χ0n) is 19.2.